The average Bonchev–Trinajstić information content (AvgIpc) is 2.36. The van der Waals surface area contributed by atoms with Crippen molar-refractivity contribution in [3.05, 3.63) is 0 Å². The minimum Gasteiger partial charge on any atom is -0.480 e. The Balaban J connectivity index is 3.78. The third-order valence-electron chi connectivity index (χ3n) is 3.66. The molecule has 0 aliphatic heterocycles. The van der Waals surface area contributed by atoms with Gasteiger partial charge < -0.3 is 10.4 Å². The van der Waals surface area contributed by atoms with Gasteiger partial charge in [-0.05, 0) is 20.3 Å². The van der Waals surface area contributed by atoms with Crippen LogP contribution in [0.1, 0.15) is 79.1 Å². The minimum absolute atomic E-state index is 0.121. The van der Waals surface area contributed by atoms with E-state index in [0.29, 0.717) is 0 Å². The fraction of sp³-hybridized carbons (Fsp3) is 0.875. The van der Waals surface area contributed by atoms with Crippen LogP contribution in [0.15, 0.2) is 0 Å². The van der Waals surface area contributed by atoms with Crippen molar-refractivity contribution in [1.29, 1.82) is 0 Å². The molecule has 4 heteroatoms. The molecule has 1 amide bonds. The van der Waals surface area contributed by atoms with Gasteiger partial charge in [0.1, 0.15) is 5.54 Å². The lowest BCUT2D eigenvalue weighted by Crippen LogP contribution is -2.51. The van der Waals surface area contributed by atoms with Gasteiger partial charge in [-0.3, -0.25) is 4.79 Å². The zero-order chi connectivity index (χ0) is 15.6. The molecular formula is C16H31NO3. The van der Waals surface area contributed by atoms with Gasteiger partial charge in [-0.1, -0.05) is 58.8 Å². The Morgan fingerprint density at radius 1 is 1.05 bits per heavy atom. The normalized spacial score (nSPS) is 13.0. The molecule has 0 fully saturated rings. The van der Waals surface area contributed by atoms with Crippen LogP contribution >= 0.6 is 0 Å². The summed E-state index contributed by atoms with van der Waals surface area (Å²) in [6.45, 7) is 7.09. The quantitative estimate of drug-likeness (QED) is 0.568. The van der Waals surface area contributed by atoms with Gasteiger partial charge in [0.15, 0.2) is 0 Å². The average molecular weight is 285 g/mol. The van der Waals surface area contributed by atoms with E-state index in [9.17, 15) is 9.59 Å². The first-order valence-electron chi connectivity index (χ1n) is 7.86. The number of unbranched alkanes of at least 4 members (excludes halogenated alkanes) is 6. The number of carbonyl (C=O) groups excluding carboxylic acids is 1. The van der Waals surface area contributed by atoms with Gasteiger partial charge in [-0.2, -0.15) is 0 Å². The van der Waals surface area contributed by atoms with E-state index in [-0.39, 0.29) is 11.8 Å². The molecule has 118 valence electrons. The van der Waals surface area contributed by atoms with E-state index in [1.54, 1.807) is 0 Å². The first kappa shape index (κ1) is 18.9. The summed E-state index contributed by atoms with van der Waals surface area (Å²) in [5.74, 6) is -1.29. The molecule has 0 heterocycles. The van der Waals surface area contributed by atoms with Crippen molar-refractivity contribution in [2.75, 3.05) is 0 Å². The molecule has 20 heavy (non-hydrogen) atoms. The fourth-order valence-corrected chi connectivity index (χ4v) is 2.02. The van der Waals surface area contributed by atoms with Crippen LogP contribution in [-0.2, 0) is 9.59 Å². The zero-order valence-electron chi connectivity index (χ0n) is 13.5. The van der Waals surface area contributed by atoms with Crippen LogP contribution in [-0.4, -0.2) is 22.5 Å². The Labute approximate surface area is 123 Å². The minimum atomic E-state index is -1.19. The second-order valence-electron chi connectivity index (χ2n) is 6.23. The molecule has 1 atom stereocenters. The van der Waals surface area contributed by atoms with Crippen LogP contribution < -0.4 is 5.32 Å². The number of hydrogen-bond acceptors (Lipinski definition) is 2. The zero-order valence-corrected chi connectivity index (χ0v) is 13.5. The molecular weight excluding hydrogens is 254 g/mol. The summed E-state index contributed by atoms with van der Waals surface area (Å²) in [6.07, 6.45) is 9.40. The topological polar surface area (TPSA) is 66.4 Å². The Bertz CT molecular complexity index is 300. The summed E-state index contributed by atoms with van der Waals surface area (Å²) in [7, 11) is 0. The van der Waals surface area contributed by atoms with Crippen LogP contribution in [0.2, 0.25) is 0 Å². The molecule has 0 spiro atoms. The molecule has 4 nitrogen and oxygen atoms in total. The van der Waals surface area contributed by atoms with Gasteiger partial charge in [-0.25, -0.2) is 4.79 Å². The van der Waals surface area contributed by atoms with E-state index in [2.05, 4.69) is 12.2 Å². The second kappa shape index (κ2) is 9.78. The first-order valence-corrected chi connectivity index (χ1v) is 7.86. The van der Waals surface area contributed by atoms with E-state index >= 15 is 0 Å². The van der Waals surface area contributed by atoms with Crippen LogP contribution in [0.3, 0.4) is 0 Å². The van der Waals surface area contributed by atoms with Crippen molar-refractivity contribution in [3.8, 4) is 0 Å². The predicted octanol–water partition coefficient (Wildman–Crippen LogP) is 3.74. The Morgan fingerprint density at radius 2 is 1.55 bits per heavy atom. The highest BCUT2D eigenvalue weighted by atomic mass is 16.4. The van der Waals surface area contributed by atoms with E-state index < -0.39 is 11.5 Å². The number of carboxylic acid groups (broad SMARTS) is 1. The lowest BCUT2D eigenvalue weighted by atomic mass is 9.98. The number of aliphatic carboxylic acids is 1. The fourth-order valence-electron chi connectivity index (χ4n) is 2.02. The lowest BCUT2D eigenvalue weighted by Gasteiger charge is -2.23. The highest BCUT2D eigenvalue weighted by Gasteiger charge is 2.30. The van der Waals surface area contributed by atoms with Crippen LogP contribution in [0.5, 0.6) is 0 Å². The third kappa shape index (κ3) is 8.18. The molecule has 0 saturated carbocycles. The lowest BCUT2D eigenvalue weighted by molar-refractivity contribution is -0.146. The van der Waals surface area contributed by atoms with Gasteiger partial charge in [0.2, 0.25) is 5.91 Å². The molecule has 0 aromatic heterocycles. The Morgan fingerprint density at radius 3 is 2.05 bits per heavy atom. The smallest absolute Gasteiger partial charge is 0.328 e. The van der Waals surface area contributed by atoms with Crippen molar-refractivity contribution in [3.63, 3.8) is 0 Å². The monoisotopic (exact) mass is 285 g/mol. The maximum absolute atomic E-state index is 11.9. The van der Waals surface area contributed by atoms with E-state index in [0.717, 1.165) is 19.3 Å². The molecule has 0 aliphatic carbocycles. The van der Waals surface area contributed by atoms with Crippen molar-refractivity contribution >= 4 is 11.9 Å². The third-order valence-corrected chi connectivity index (χ3v) is 3.66. The van der Waals surface area contributed by atoms with Gasteiger partial charge >= 0.3 is 5.97 Å². The first-order chi connectivity index (χ1) is 9.31. The molecule has 0 saturated heterocycles. The number of nitrogens with one attached hydrogen (secondary N) is 1. The van der Waals surface area contributed by atoms with Gasteiger partial charge in [0.25, 0.3) is 0 Å². The van der Waals surface area contributed by atoms with E-state index in [1.807, 2.05) is 6.92 Å². The molecule has 2 N–H and O–H groups in total. The molecule has 0 aliphatic rings. The number of carbonyl (C=O) groups is 2. The second-order valence-corrected chi connectivity index (χ2v) is 6.23. The summed E-state index contributed by atoms with van der Waals surface area (Å²) < 4.78 is 0. The molecule has 0 radical (unpaired) electrons. The molecule has 1 unspecified atom stereocenters. The van der Waals surface area contributed by atoms with E-state index in [4.69, 9.17) is 5.11 Å². The van der Waals surface area contributed by atoms with Crippen LogP contribution in [0.4, 0.5) is 0 Å². The van der Waals surface area contributed by atoms with E-state index in [1.165, 1.54) is 46.0 Å². The summed E-state index contributed by atoms with van der Waals surface area (Å²) >= 11 is 0. The summed E-state index contributed by atoms with van der Waals surface area (Å²) in [5.41, 5.74) is -1.19. The highest BCUT2D eigenvalue weighted by Crippen LogP contribution is 2.14. The van der Waals surface area contributed by atoms with Crippen molar-refractivity contribution in [1.82, 2.24) is 5.32 Å². The molecule has 0 rings (SSSR count). The number of carboxylic acids is 1. The maximum atomic E-state index is 11.9. The maximum Gasteiger partial charge on any atom is 0.328 e. The Kier molecular flexibility index (Phi) is 9.26. The van der Waals surface area contributed by atoms with Crippen molar-refractivity contribution in [2.45, 2.75) is 84.6 Å². The van der Waals surface area contributed by atoms with Gasteiger partial charge in [0.05, 0.1) is 0 Å². The molecule has 0 aromatic carbocycles. The number of rotatable bonds is 11. The summed E-state index contributed by atoms with van der Waals surface area (Å²) in [5, 5.41) is 11.6. The largest absolute Gasteiger partial charge is 0.480 e. The van der Waals surface area contributed by atoms with Crippen molar-refractivity contribution in [2.24, 2.45) is 5.92 Å². The number of hydrogen-bond donors (Lipinski definition) is 2. The standard InChI is InChI=1S/C16H31NO3/c1-5-6-7-8-9-10-11-12-13(2)14(18)17-16(3,4)15(19)20/h13H,5-12H2,1-4H3,(H,17,18)(H,19,20). The van der Waals surface area contributed by atoms with Crippen LogP contribution in [0.25, 0.3) is 0 Å². The highest BCUT2D eigenvalue weighted by molar-refractivity contribution is 5.87. The summed E-state index contributed by atoms with van der Waals surface area (Å²) in [4.78, 5) is 22.8. The molecule has 0 bridgehead atoms. The van der Waals surface area contributed by atoms with Gasteiger partial charge in [0, 0.05) is 5.92 Å². The van der Waals surface area contributed by atoms with Crippen molar-refractivity contribution < 1.29 is 14.7 Å². The predicted molar refractivity (Wildman–Crippen MR) is 81.6 cm³/mol. The van der Waals surface area contributed by atoms with Gasteiger partial charge in [-0.15, -0.1) is 0 Å². The Hall–Kier alpha value is -1.06. The summed E-state index contributed by atoms with van der Waals surface area (Å²) in [6, 6.07) is 0. The number of amides is 1. The SMILES string of the molecule is CCCCCCCCCC(C)C(=O)NC(C)(C)C(=O)O. The van der Waals surface area contributed by atoms with Crippen LogP contribution in [0, 0.1) is 5.92 Å². The molecule has 0 aromatic rings.